The second-order valence-electron chi connectivity index (χ2n) is 4.99. The van der Waals surface area contributed by atoms with Gasteiger partial charge in [0.2, 0.25) is 0 Å². The molecular formula is C15H23N. The topological polar surface area (TPSA) is 12.4 Å². The van der Waals surface area contributed by atoms with Crippen LogP contribution in [0.5, 0.6) is 0 Å². The van der Waals surface area contributed by atoms with Crippen LogP contribution in [-0.2, 0) is 0 Å². The molecule has 0 saturated heterocycles. The van der Waals surface area contributed by atoms with Crippen molar-refractivity contribution in [3.05, 3.63) is 34.9 Å². The third-order valence-electron chi connectivity index (χ3n) is 3.22. The monoisotopic (exact) mass is 217 g/mol. The van der Waals surface area contributed by atoms with Gasteiger partial charge in [-0.3, -0.25) is 4.99 Å². The minimum atomic E-state index is 0.572. The lowest BCUT2D eigenvalue weighted by atomic mass is 9.88. The first kappa shape index (κ1) is 13.0. The first-order valence-electron chi connectivity index (χ1n) is 6.05. The van der Waals surface area contributed by atoms with Crippen molar-refractivity contribution in [2.45, 2.75) is 34.6 Å². The van der Waals surface area contributed by atoms with Crippen LogP contribution in [0.15, 0.2) is 39.9 Å². The van der Waals surface area contributed by atoms with Crippen LogP contribution in [0.4, 0.5) is 0 Å². The minimum absolute atomic E-state index is 0.572. The zero-order valence-corrected chi connectivity index (χ0v) is 11.3. The summed E-state index contributed by atoms with van der Waals surface area (Å²) in [4.78, 5) is 4.35. The van der Waals surface area contributed by atoms with Crippen molar-refractivity contribution in [2.75, 3.05) is 7.05 Å². The van der Waals surface area contributed by atoms with Crippen LogP contribution < -0.4 is 0 Å². The number of nitrogens with zero attached hydrogens (tertiary/aromatic N) is 1. The Labute approximate surface area is 99.7 Å². The first-order chi connectivity index (χ1) is 7.47. The normalized spacial score (nSPS) is 22.0. The predicted molar refractivity (Wildman–Crippen MR) is 73.0 cm³/mol. The Balaban J connectivity index is 3.23. The summed E-state index contributed by atoms with van der Waals surface area (Å²) >= 11 is 0. The minimum Gasteiger partial charge on any atom is -0.288 e. The third-order valence-corrected chi connectivity index (χ3v) is 3.22. The van der Waals surface area contributed by atoms with Crippen LogP contribution in [0.25, 0.3) is 0 Å². The third kappa shape index (κ3) is 2.72. The van der Waals surface area contributed by atoms with Crippen LogP contribution in [0.3, 0.4) is 0 Å². The Hall–Kier alpha value is -1.11. The van der Waals surface area contributed by atoms with Crippen molar-refractivity contribution in [2.24, 2.45) is 16.8 Å². The molecule has 1 nitrogen and oxygen atoms in total. The molecule has 0 saturated carbocycles. The maximum atomic E-state index is 4.35. The quantitative estimate of drug-likeness (QED) is 0.658. The molecule has 88 valence electrons. The van der Waals surface area contributed by atoms with Crippen LogP contribution in [0, 0.1) is 11.8 Å². The van der Waals surface area contributed by atoms with Gasteiger partial charge in [0.1, 0.15) is 0 Å². The number of rotatable bonds is 2. The van der Waals surface area contributed by atoms with Crippen molar-refractivity contribution in [1.29, 1.82) is 0 Å². The fraction of sp³-hybridized carbons (Fsp3) is 0.533. The highest BCUT2D eigenvalue weighted by atomic mass is 14.7. The summed E-state index contributed by atoms with van der Waals surface area (Å²) in [7, 11) is 1.86. The molecule has 1 heteroatoms. The van der Waals surface area contributed by atoms with Gasteiger partial charge < -0.3 is 0 Å². The molecule has 0 N–H and O–H groups in total. The van der Waals surface area contributed by atoms with E-state index in [1.807, 2.05) is 7.05 Å². The molecule has 0 radical (unpaired) electrons. The van der Waals surface area contributed by atoms with E-state index < -0.39 is 0 Å². The summed E-state index contributed by atoms with van der Waals surface area (Å²) in [6.07, 6.45) is 6.61. The smallest absolute Gasteiger partial charge is 0.0642 e. The molecule has 0 fully saturated rings. The van der Waals surface area contributed by atoms with Gasteiger partial charge in [-0.15, -0.1) is 0 Å². The van der Waals surface area contributed by atoms with E-state index in [1.165, 1.54) is 16.7 Å². The summed E-state index contributed by atoms with van der Waals surface area (Å²) in [5.41, 5.74) is 5.23. The summed E-state index contributed by atoms with van der Waals surface area (Å²) in [5, 5.41) is 0. The molecule has 0 spiro atoms. The van der Waals surface area contributed by atoms with E-state index in [2.05, 4.69) is 57.8 Å². The molecule has 1 rings (SSSR count). The number of allylic oxidation sites excluding steroid dienone is 6. The highest BCUT2D eigenvalue weighted by Gasteiger charge is 2.14. The summed E-state index contributed by atoms with van der Waals surface area (Å²) in [6, 6.07) is 0. The molecule has 0 aromatic heterocycles. The van der Waals surface area contributed by atoms with E-state index >= 15 is 0 Å². The van der Waals surface area contributed by atoms with Gasteiger partial charge in [0.05, 0.1) is 5.71 Å². The summed E-state index contributed by atoms with van der Waals surface area (Å²) in [6.45, 7) is 11.1. The average Bonchev–Trinajstić information content (AvgIpc) is 2.26. The highest BCUT2D eigenvalue weighted by Crippen LogP contribution is 2.25. The average molecular weight is 217 g/mol. The SMILES string of the molecule is CN=C1C=CC(C(C)C)=C/C1=C(/C)C(C)C. The Morgan fingerprint density at radius 2 is 1.75 bits per heavy atom. The molecule has 16 heavy (non-hydrogen) atoms. The maximum Gasteiger partial charge on any atom is 0.0642 e. The van der Waals surface area contributed by atoms with Crippen molar-refractivity contribution < 1.29 is 0 Å². The van der Waals surface area contributed by atoms with Gasteiger partial charge in [-0.2, -0.15) is 0 Å². The van der Waals surface area contributed by atoms with E-state index in [1.54, 1.807) is 0 Å². The zero-order chi connectivity index (χ0) is 12.3. The fourth-order valence-corrected chi connectivity index (χ4v) is 1.73. The van der Waals surface area contributed by atoms with Crippen molar-refractivity contribution >= 4 is 5.71 Å². The lowest BCUT2D eigenvalue weighted by Crippen LogP contribution is -2.09. The van der Waals surface area contributed by atoms with E-state index in [4.69, 9.17) is 0 Å². The number of hydrogen-bond donors (Lipinski definition) is 0. The van der Waals surface area contributed by atoms with Gasteiger partial charge in [0.25, 0.3) is 0 Å². The number of hydrogen-bond acceptors (Lipinski definition) is 1. The van der Waals surface area contributed by atoms with Gasteiger partial charge in [-0.05, 0) is 42.1 Å². The zero-order valence-electron chi connectivity index (χ0n) is 11.3. The fourth-order valence-electron chi connectivity index (χ4n) is 1.73. The molecule has 0 aromatic carbocycles. The lowest BCUT2D eigenvalue weighted by molar-refractivity contribution is 0.761. The second kappa shape index (κ2) is 5.29. The second-order valence-corrected chi connectivity index (χ2v) is 4.99. The molecule has 0 aliphatic heterocycles. The molecule has 0 atom stereocenters. The number of aliphatic imine (C=N–C) groups is 1. The predicted octanol–water partition coefficient (Wildman–Crippen LogP) is 4.18. The van der Waals surface area contributed by atoms with Crippen molar-refractivity contribution in [3.8, 4) is 0 Å². The largest absolute Gasteiger partial charge is 0.288 e. The molecule has 1 aliphatic carbocycles. The Morgan fingerprint density at radius 1 is 1.12 bits per heavy atom. The van der Waals surface area contributed by atoms with E-state index in [0.717, 1.165) is 5.71 Å². The molecule has 0 unspecified atom stereocenters. The van der Waals surface area contributed by atoms with Crippen molar-refractivity contribution in [1.82, 2.24) is 0 Å². The van der Waals surface area contributed by atoms with Crippen molar-refractivity contribution in [3.63, 3.8) is 0 Å². The van der Waals surface area contributed by atoms with Gasteiger partial charge in [-0.1, -0.05) is 39.3 Å². The Kier molecular flexibility index (Phi) is 4.28. The van der Waals surface area contributed by atoms with Gasteiger partial charge in [0, 0.05) is 7.05 Å². The summed E-state index contributed by atoms with van der Waals surface area (Å²) in [5.74, 6) is 1.15. The molecular weight excluding hydrogens is 194 g/mol. The molecule has 0 heterocycles. The molecule has 0 bridgehead atoms. The van der Waals surface area contributed by atoms with Crippen LogP contribution in [0.1, 0.15) is 34.6 Å². The molecule has 0 amide bonds. The van der Waals surface area contributed by atoms with Crippen LogP contribution in [0.2, 0.25) is 0 Å². The van der Waals surface area contributed by atoms with Gasteiger partial charge in [-0.25, -0.2) is 0 Å². The first-order valence-corrected chi connectivity index (χ1v) is 6.05. The van der Waals surface area contributed by atoms with Crippen LogP contribution >= 0.6 is 0 Å². The Bertz CT molecular complexity index is 376. The highest BCUT2D eigenvalue weighted by molar-refractivity contribution is 6.12. The van der Waals surface area contributed by atoms with E-state index in [0.29, 0.717) is 11.8 Å². The standard InChI is InChI=1S/C15H23N/c1-10(2)12(5)14-9-13(11(3)4)7-8-15(14)16-6/h7-11H,1-6H3/b14-12+,16-15?. The lowest BCUT2D eigenvalue weighted by Gasteiger charge is -2.18. The van der Waals surface area contributed by atoms with E-state index in [-0.39, 0.29) is 0 Å². The maximum absolute atomic E-state index is 4.35. The van der Waals surface area contributed by atoms with Gasteiger partial charge >= 0.3 is 0 Å². The molecule has 0 aromatic rings. The molecule has 1 aliphatic rings. The van der Waals surface area contributed by atoms with Gasteiger partial charge in [0.15, 0.2) is 0 Å². The van der Waals surface area contributed by atoms with Crippen LogP contribution in [-0.4, -0.2) is 12.8 Å². The van der Waals surface area contributed by atoms with E-state index in [9.17, 15) is 0 Å². The summed E-state index contributed by atoms with van der Waals surface area (Å²) < 4.78 is 0. The Morgan fingerprint density at radius 3 is 2.19 bits per heavy atom.